The number of rotatable bonds is 6. The highest BCUT2D eigenvalue weighted by atomic mass is 16.2. The van der Waals surface area contributed by atoms with Crippen molar-refractivity contribution in [2.45, 2.75) is 6.54 Å². The fourth-order valence-electron chi connectivity index (χ4n) is 2.65. The van der Waals surface area contributed by atoms with Crippen molar-refractivity contribution in [3.8, 4) is 0 Å². The second-order valence-corrected chi connectivity index (χ2v) is 6.52. The standard InChI is InChI=1S/C22H22N4O2/c1-26(2)20-10-8-17(9-11-20)21(27)24-14-16-5-3-7-19(13-16)25-22(28)18-6-4-12-23-15-18/h3-13,15H,14H2,1-2H3,(H,24,27)(H,25,28). The summed E-state index contributed by atoms with van der Waals surface area (Å²) in [6, 6.07) is 18.2. The van der Waals surface area contributed by atoms with Crippen molar-refractivity contribution in [3.63, 3.8) is 0 Å². The van der Waals surface area contributed by atoms with E-state index in [9.17, 15) is 9.59 Å². The van der Waals surface area contributed by atoms with E-state index in [1.165, 1.54) is 6.20 Å². The molecule has 0 unspecified atom stereocenters. The molecule has 2 aromatic carbocycles. The van der Waals surface area contributed by atoms with Crippen LogP contribution in [0.4, 0.5) is 11.4 Å². The fourth-order valence-corrected chi connectivity index (χ4v) is 2.65. The quantitative estimate of drug-likeness (QED) is 0.694. The SMILES string of the molecule is CN(C)c1ccc(C(=O)NCc2cccc(NC(=O)c3cccnc3)c2)cc1. The molecule has 0 fully saturated rings. The fraction of sp³-hybridized carbons (Fsp3) is 0.136. The average molecular weight is 374 g/mol. The van der Waals surface area contributed by atoms with Gasteiger partial charge in [-0.3, -0.25) is 14.6 Å². The molecule has 2 N–H and O–H groups in total. The minimum absolute atomic E-state index is 0.143. The summed E-state index contributed by atoms with van der Waals surface area (Å²) in [6.07, 6.45) is 3.13. The Balaban J connectivity index is 1.60. The van der Waals surface area contributed by atoms with Crippen LogP contribution in [-0.4, -0.2) is 30.9 Å². The third-order valence-electron chi connectivity index (χ3n) is 4.21. The normalized spacial score (nSPS) is 10.2. The molecule has 6 heteroatoms. The molecule has 3 rings (SSSR count). The molecule has 0 bridgehead atoms. The molecule has 2 amide bonds. The van der Waals surface area contributed by atoms with Gasteiger partial charge < -0.3 is 15.5 Å². The lowest BCUT2D eigenvalue weighted by molar-refractivity contribution is 0.0950. The van der Waals surface area contributed by atoms with Crippen molar-refractivity contribution < 1.29 is 9.59 Å². The van der Waals surface area contributed by atoms with Gasteiger partial charge in [-0.05, 0) is 54.1 Å². The molecule has 0 saturated carbocycles. The van der Waals surface area contributed by atoms with Crippen molar-refractivity contribution in [2.75, 3.05) is 24.3 Å². The number of nitrogens with one attached hydrogen (secondary N) is 2. The Hall–Kier alpha value is -3.67. The maximum atomic E-state index is 12.3. The highest BCUT2D eigenvalue weighted by Crippen LogP contribution is 2.14. The van der Waals surface area contributed by atoms with Crippen LogP contribution in [0.3, 0.4) is 0 Å². The molecule has 1 heterocycles. The number of anilines is 2. The Morgan fingerprint density at radius 3 is 2.39 bits per heavy atom. The van der Waals surface area contributed by atoms with E-state index in [0.717, 1.165) is 11.3 Å². The van der Waals surface area contributed by atoms with E-state index in [-0.39, 0.29) is 11.8 Å². The Labute approximate surface area is 164 Å². The lowest BCUT2D eigenvalue weighted by Gasteiger charge is -2.13. The van der Waals surface area contributed by atoms with Crippen molar-refractivity contribution in [2.24, 2.45) is 0 Å². The van der Waals surface area contributed by atoms with Gasteiger partial charge in [-0.25, -0.2) is 0 Å². The van der Waals surface area contributed by atoms with Gasteiger partial charge in [0.15, 0.2) is 0 Å². The first-order chi connectivity index (χ1) is 13.5. The highest BCUT2D eigenvalue weighted by Gasteiger charge is 2.08. The van der Waals surface area contributed by atoms with Gasteiger partial charge in [0.25, 0.3) is 11.8 Å². The summed E-state index contributed by atoms with van der Waals surface area (Å²) in [7, 11) is 3.91. The minimum atomic E-state index is -0.227. The summed E-state index contributed by atoms with van der Waals surface area (Å²) in [6.45, 7) is 0.366. The maximum absolute atomic E-state index is 12.3. The van der Waals surface area contributed by atoms with E-state index < -0.39 is 0 Å². The zero-order valence-corrected chi connectivity index (χ0v) is 15.8. The van der Waals surface area contributed by atoms with E-state index in [0.29, 0.717) is 23.4 Å². The Bertz CT molecular complexity index is 954. The number of carbonyl (C=O) groups excluding carboxylic acids is 2. The van der Waals surface area contributed by atoms with Crippen molar-refractivity contribution >= 4 is 23.2 Å². The largest absolute Gasteiger partial charge is 0.378 e. The van der Waals surface area contributed by atoms with Crippen molar-refractivity contribution in [1.82, 2.24) is 10.3 Å². The predicted molar refractivity (Wildman–Crippen MR) is 111 cm³/mol. The van der Waals surface area contributed by atoms with Crippen molar-refractivity contribution in [1.29, 1.82) is 0 Å². The molecule has 3 aromatic rings. The van der Waals surface area contributed by atoms with Crippen molar-refractivity contribution in [3.05, 3.63) is 89.7 Å². The Morgan fingerprint density at radius 1 is 0.929 bits per heavy atom. The second-order valence-electron chi connectivity index (χ2n) is 6.52. The number of pyridine rings is 1. The van der Waals surface area contributed by atoms with Gasteiger partial charge in [-0.1, -0.05) is 12.1 Å². The minimum Gasteiger partial charge on any atom is -0.378 e. The summed E-state index contributed by atoms with van der Waals surface area (Å²) in [5.74, 6) is -0.370. The van der Waals surface area contributed by atoms with E-state index in [2.05, 4.69) is 15.6 Å². The summed E-state index contributed by atoms with van der Waals surface area (Å²) in [4.78, 5) is 30.5. The zero-order valence-electron chi connectivity index (χ0n) is 15.8. The third kappa shape index (κ3) is 4.94. The van der Waals surface area contributed by atoms with Crippen LogP contribution in [0.5, 0.6) is 0 Å². The molecule has 0 aliphatic carbocycles. The molecule has 0 aliphatic rings. The third-order valence-corrected chi connectivity index (χ3v) is 4.21. The number of hydrogen-bond donors (Lipinski definition) is 2. The monoisotopic (exact) mass is 374 g/mol. The van der Waals surface area contributed by atoms with E-state index >= 15 is 0 Å². The van der Waals surface area contributed by atoms with Gasteiger partial charge in [-0.15, -0.1) is 0 Å². The molecule has 1 aromatic heterocycles. The summed E-state index contributed by atoms with van der Waals surface area (Å²) >= 11 is 0. The Kier molecular flexibility index (Phi) is 6.01. The van der Waals surface area contributed by atoms with Gasteiger partial charge in [0, 0.05) is 50.0 Å². The van der Waals surface area contributed by atoms with Crippen LogP contribution in [0, 0.1) is 0 Å². The molecule has 142 valence electrons. The summed E-state index contributed by atoms with van der Waals surface area (Å²) in [5.41, 5.74) is 3.68. The highest BCUT2D eigenvalue weighted by molar-refractivity contribution is 6.04. The van der Waals surface area contributed by atoms with E-state index in [1.54, 1.807) is 36.5 Å². The maximum Gasteiger partial charge on any atom is 0.257 e. The number of hydrogen-bond acceptors (Lipinski definition) is 4. The van der Waals surface area contributed by atoms with Crippen LogP contribution in [0.2, 0.25) is 0 Å². The molecule has 0 aliphatic heterocycles. The lowest BCUT2D eigenvalue weighted by atomic mass is 10.1. The summed E-state index contributed by atoms with van der Waals surface area (Å²) < 4.78 is 0. The first kappa shape index (κ1) is 19.1. The van der Waals surface area contributed by atoms with Crippen LogP contribution < -0.4 is 15.5 Å². The van der Waals surface area contributed by atoms with Gasteiger partial charge in [0.05, 0.1) is 5.56 Å². The molecule has 0 atom stereocenters. The van der Waals surface area contributed by atoms with Gasteiger partial charge in [0.2, 0.25) is 0 Å². The van der Waals surface area contributed by atoms with Crippen LogP contribution in [0.15, 0.2) is 73.1 Å². The van der Waals surface area contributed by atoms with Gasteiger partial charge >= 0.3 is 0 Å². The number of amides is 2. The number of nitrogens with zero attached hydrogens (tertiary/aromatic N) is 2. The molecule has 28 heavy (non-hydrogen) atoms. The average Bonchev–Trinajstić information content (AvgIpc) is 2.73. The molecule has 6 nitrogen and oxygen atoms in total. The predicted octanol–water partition coefficient (Wildman–Crippen LogP) is 3.33. The van der Waals surface area contributed by atoms with Gasteiger partial charge in [0.1, 0.15) is 0 Å². The molecule has 0 spiro atoms. The zero-order chi connectivity index (χ0) is 19.9. The molecule has 0 saturated heterocycles. The Morgan fingerprint density at radius 2 is 1.71 bits per heavy atom. The van der Waals surface area contributed by atoms with Gasteiger partial charge in [-0.2, -0.15) is 0 Å². The molecular weight excluding hydrogens is 352 g/mol. The topological polar surface area (TPSA) is 74.3 Å². The van der Waals surface area contributed by atoms with Crippen LogP contribution in [-0.2, 0) is 6.54 Å². The number of carbonyl (C=O) groups is 2. The molecule has 0 radical (unpaired) electrons. The van der Waals surface area contributed by atoms with Crippen LogP contribution in [0.25, 0.3) is 0 Å². The van der Waals surface area contributed by atoms with Crippen LogP contribution >= 0.6 is 0 Å². The first-order valence-electron chi connectivity index (χ1n) is 8.89. The summed E-state index contributed by atoms with van der Waals surface area (Å²) in [5, 5.41) is 5.74. The lowest BCUT2D eigenvalue weighted by Crippen LogP contribution is -2.23. The smallest absolute Gasteiger partial charge is 0.257 e. The first-order valence-corrected chi connectivity index (χ1v) is 8.89. The van der Waals surface area contributed by atoms with E-state index in [1.807, 2.05) is 49.3 Å². The molecular formula is C22H22N4O2. The number of benzene rings is 2. The second kappa shape index (κ2) is 8.81. The number of aromatic nitrogens is 1. The van der Waals surface area contributed by atoms with Crippen LogP contribution in [0.1, 0.15) is 26.3 Å². The van der Waals surface area contributed by atoms with E-state index in [4.69, 9.17) is 0 Å².